The highest BCUT2D eigenvalue weighted by atomic mass is 16.5. The van der Waals surface area contributed by atoms with Gasteiger partial charge >= 0.3 is 0 Å². The second-order valence-corrected chi connectivity index (χ2v) is 8.15. The number of hydrogen-bond donors (Lipinski definition) is 3. The van der Waals surface area contributed by atoms with Gasteiger partial charge in [0.25, 0.3) is 5.91 Å². The average molecular weight is 460 g/mol. The van der Waals surface area contributed by atoms with Gasteiger partial charge in [0.1, 0.15) is 12.4 Å². The summed E-state index contributed by atoms with van der Waals surface area (Å²) in [4.78, 5) is 37.4. The molecule has 1 aliphatic heterocycles. The first-order valence-corrected chi connectivity index (χ1v) is 11.2. The molecule has 2 amide bonds. The van der Waals surface area contributed by atoms with Gasteiger partial charge in [0.2, 0.25) is 5.91 Å². The van der Waals surface area contributed by atoms with Gasteiger partial charge in [0.15, 0.2) is 5.82 Å². The van der Waals surface area contributed by atoms with E-state index in [4.69, 9.17) is 14.5 Å². The van der Waals surface area contributed by atoms with Crippen LogP contribution in [0.15, 0.2) is 37.1 Å². The van der Waals surface area contributed by atoms with Crippen LogP contribution in [0.2, 0.25) is 0 Å². The Bertz CT molecular complexity index is 1300. The fraction of sp³-hybridized carbons (Fsp3) is 0.280. The van der Waals surface area contributed by atoms with Crippen molar-refractivity contribution in [3.63, 3.8) is 0 Å². The fourth-order valence-electron chi connectivity index (χ4n) is 4.42. The van der Waals surface area contributed by atoms with Gasteiger partial charge in [0, 0.05) is 37.5 Å². The third kappa shape index (κ3) is 3.94. The summed E-state index contributed by atoms with van der Waals surface area (Å²) in [7, 11) is 1.60. The molecule has 3 aromatic rings. The summed E-state index contributed by atoms with van der Waals surface area (Å²) in [6.07, 6.45) is 5.36. The molecule has 0 saturated carbocycles. The number of aromatic nitrogens is 3. The van der Waals surface area contributed by atoms with Crippen molar-refractivity contribution in [2.24, 2.45) is 0 Å². The van der Waals surface area contributed by atoms with Crippen molar-refractivity contribution in [3.05, 3.63) is 59.4 Å². The quantitative estimate of drug-likeness (QED) is 0.369. The van der Waals surface area contributed by atoms with Gasteiger partial charge < -0.3 is 25.1 Å². The summed E-state index contributed by atoms with van der Waals surface area (Å²) in [6.45, 7) is 4.91. The summed E-state index contributed by atoms with van der Waals surface area (Å²) in [6, 6.07) is 5.40. The predicted octanol–water partition coefficient (Wildman–Crippen LogP) is 2.67. The van der Waals surface area contributed by atoms with E-state index in [0.717, 1.165) is 58.6 Å². The lowest BCUT2D eigenvalue weighted by atomic mass is 9.91. The van der Waals surface area contributed by atoms with Crippen LogP contribution in [0, 0.1) is 0 Å². The normalized spacial score (nSPS) is 13.9. The van der Waals surface area contributed by atoms with Crippen LogP contribution in [-0.4, -0.2) is 53.6 Å². The van der Waals surface area contributed by atoms with Crippen molar-refractivity contribution in [2.75, 3.05) is 32.2 Å². The van der Waals surface area contributed by atoms with Crippen LogP contribution in [-0.2, 0) is 28.8 Å². The maximum atomic E-state index is 12.5. The average Bonchev–Trinajstić information content (AvgIpc) is 3.25. The molecule has 0 saturated heterocycles. The van der Waals surface area contributed by atoms with E-state index in [1.165, 1.54) is 6.08 Å². The van der Waals surface area contributed by atoms with Gasteiger partial charge in [-0.2, -0.15) is 0 Å². The largest absolute Gasteiger partial charge is 0.489 e. The summed E-state index contributed by atoms with van der Waals surface area (Å²) in [5, 5.41) is 5.72. The Morgan fingerprint density at radius 3 is 2.97 bits per heavy atom. The molecule has 0 radical (unpaired) electrons. The van der Waals surface area contributed by atoms with Crippen LogP contribution in [0.3, 0.4) is 0 Å². The van der Waals surface area contributed by atoms with E-state index in [-0.39, 0.29) is 11.8 Å². The monoisotopic (exact) mass is 459 g/mol. The molecule has 1 aliphatic carbocycles. The Morgan fingerprint density at radius 1 is 1.26 bits per heavy atom. The molecule has 0 bridgehead atoms. The second kappa shape index (κ2) is 9.11. The van der Waals surface area contributed by atoms with Gasteiger partial charge in [-0.15, -0.1) is 0 Å². The molecule has 1 aromatic carbocycles. The smallest absolute Gasteiger partial charge is 0.253 e. The first kappa shape index (κ1) is 21.8. The molecule has 34 heavy (non-hydrogen) atoms. The number of ether oxygens (including phenoxy) is 2. The number of amides is 2. The van der Waals surface area contributed by atoms with Gasteiger partial charge in [-0.1, -0.05) is 6.58 Å². The SMILES string of the molecule is C=CC(=O)Nc1cc(-c2ncc3c(n2)-c2[nH]c4c(c2CC3)C(=O)NCC4)ccc1OCCOC. The number of aryl methyl sites for hydroxylation is 1. The number of nitrogens with zero attached hydrogens (tertiary/aromatic N) is 2. The molecule has 3 N–H and O–H groups in total. The molecule has 3 heterocycles. The number of carbonyl (C=O) groups is 2. The van der Waals surface area contributed by atoms with Gasteiger partial charge in [-0.3, -0.25) is 9.59 Å². The Kier molecular flexibility index (Phi) is 5.85. The molecular formula is C25H25N5O4. The number of carbonyl (C=O) groups excluding carboxylic acids is 2. The number of aromatic amines is 1. The zero-order chi connectivity index (χ0) is 23.7. The lowest BCUT2D eigenvalue weighted by Gasteiger charge is -2.18. The van der Waals surface area contributed by atoms with Crippen LogP contribution in [0.5, 0.6) is 5.75 Å². The topological polar surface area (TPSA) is 118 Å². The van der Waals surface area contributed by atoms with Crippen molar-refractivity contribution < 1.29 is 19.1 Å². The van der Waals surface area contributed by atoms with Crippen LogP contribution >= 0.6 is 0 Å². The molecule has 5 rings (SSSR count). The minimum atomic E-state index is -0.347. The van der Waals surface area contributed by atoms with Crippen LogP contribution < -0.4 is 15.4 Å². The standard InChI is InChI=1S/C25H25N5O4/c1-3-20(31)28-18-12-14(5-7-19(18)34-11-10-33-2)24-27-13-15-4-6-16-21-17(8-9-26-25(21)32)29-23(16)22(15)30-24/h3,5,7,12-13,29H,1,4,6,8-11H2,2H3,(H,26,32)(H,28,31). The number of H-pyrrole nitrogens is 1. The number of fused-ring (bicyclic) bond motifs is 5. The van der Waals surface area contributed by atoms with E-state index in [1.54, 1.807) is 19.2 Å². The summed E-state index contributed by atoms with van der Waals surface area (Å²) >= 11 is 0. The number of nitrogens with one attached hydrogen (secondary N) is 3. The van der Waals surface area contributed by atoms with Crippen molar-refractivity contribution in [1.29, 1.82) is 0 Å². The van der Waals surface area contributed by atoms with Crippen molar-refractivity contribution in [2.45, 2.75) is 19.3 Å². The Labute approximate surface area is 196 Å². The Morgan fingerprint density at radius 2 is 2.15 bits per heavy atom. The first-order valence-electron chi connectivity index (χ1n) is 11.2. The summed E-state index contributed by atoms with van der Waals surface area (Å²) in [5.41, 5.74) is 6.71. The Balaban J connectivity index is 1.53. The lowest BCUT2D eigenvalue weighted by molar-refractivity contribution is -0.111. The molecule has 0 spiro atoms. The van der Waals surface area contributed by atoms with Crippen LogP contribution in [0.4, 0.5) is 5.69 Å². The van der Waals surface area contributed by atoms with Gasteiger partial charge in [-0.25, -0.2) is 9.97 Å². The number of benzene rings is 1. The molecule has 9 nitrogen and oxygen atoms in total. The highest BCUT2D eigenvalue weighted by Crippen LogP contribution is 2.37. The molecule has 0 fully saturated rings. The summed E-state index contributed by atoms with van der Waals surface area (Å²) < 4.78 is 10.8. The summed E-state index contributed by atoms with van der Waals surface area (Å²) in [5.74, 6) is 0.656. The molecular weight excluding hydrogens is 434 g/mol. The molecule has 0 atom stereocenters. The molecule has 2 aromatic heterocycles. The zero-order valence-corrected chi connectivity index (χ0v) is 18.9. The van der Waals surface area contributed by atoms with E-state index in [9.17, 15) is 9.59 Å². The number of methoxy groups -OCH3 is 1. The van der Waals surface area contributed by atoms with E-state index in [0.29, 0.717) is 37.0 Å². The maximum absolute atomic E-state index is 12.5. The van der Waals surface area contributed by atoms with Crippen LogP contribution in [0.1, 0.15) is 27.2 Å². The minimum Gasteiger partial charge on any atom is -0.489 e. The van der Waals surface area contributed by atoms with E-state index >= 15 is 0 Å². The molecule has 174 valence electrons. The van der Waals surface area contributed by atoms with E-state index < -0.39 is 0 Å². The molecule has 0 unspecified atom stereocenters. The first-order chi connectivity index (χ1) is 16.6. The minimum absolute atomic E-state index is 0.0249. The fourth-order valence-corrected chi connectivity index (χ4v) is 4.42. The third-order valence-corrected chi connectivity index (χ3v) is 6.04. The molecule has 2 aliphatic rings. The van der Waals surface area contributed by atoms with Gasteiger partial charge in [-0.05, 0) is 48.2 Å². The maximum Gasteiger partial charge on any atom is 0.253 e. The van der Waals surface area contributed by atoms with E-state index in [1.807, 2.05) is 12.3 Å². The highest BCUT2D eigenvalue weighted by Gasteiger charge is 2.30. The van der Waals surface area contributed by atoms with Crippen molar-refractivity contribution in [1.82, 2.24) is 20.3 Å². The van der Waals surface area contributed by atoms with Crippen LogP contribution in [0.25, 0.3) is 22.8 Å². The lowest BCUT2D eigenvalue weighted by Crippen LogP contribution is -2.32. The number of hydrogen-bond acceptors (Lipinski definition) is 6. The number of rotatable bonds is 7. The Hall–Kier alpha value is -3.98. The predicted molar refractivity (Wildman–Crippen MR) is 127 cm³/mol. The van der Waals surface area contributed by atoms with Gasteiger partial charge in [0.05, 0.1) is 29.2 Å². The molecule has 9 heteroatoms. The van der Waals surface area contributed by atoms with Crippen molar-refractivity contribution in [3.8, 4) is 28.5 Å². The van der Waals surface area contributed by atoms with Crippen molar-refractivity contribution >= 4 is 17.5 Å². The highest BCUT2D eigenvalue weighted by molar-refractivity contribution is 6.01. The third-order valence-electron chi connectivity index (χ3n) is 6.04. The zero-order valence-electron chi connectivity index (χ0n) is 18.9. The van der Waals surface area contributed by atoms with E-state index in [2.05, 4.69) is 27.2 Å². The number of anilines is 1. The second-order valence-electron chi connectivity index (χ2n) is 8.15.